The normalized spacial score (nSPS) is 10.5. The Morgan fingerprint density at radius 1 is 1.39 bits per heavy atom. The molecule has 0 unspecified atom stereocenters. The number of ether oxygens (including phenoxy) is 1. The van der Waals surface area contributed by atoms with Gasteiger partial charge in [-0.25, -0.2) is 4.98 Å². The molecule has 0 saturated carbocycles. The Balaban J connectivity index is 1.98. The molecule has 116 valence electrons. The van der Waals surface area contributed by atoms with Gasteiger partial charge in [-0.2, -0.15) is 5.26 Å². The number of anilines is 1. The van der Waals surface area contributed by atoms with Crippen molar-refractivity contribution in [1.29, 1.82) is 5.26 Å². The molecular formula is C17H16N4OS. The molecule has 3 aromatic rings. The zero-order valence-electron chi connectivity index (χ0n) is 13.0. The average Bonchev–Trinajstić information content (AvgIpc) is 3.07. The van der Waals surface area contributed by atoms with E-state index < -0.39 is 0 Å². The van der Waals surface area contributed by atoms with Crippen molar-refractivity contribution < 1.29 is 4.74 Å². The molecule has 2 aromatic heterocycles. The minimum atomic E-state index is 0.511. The number of methoxy groups -OCH3 is 1. The predicted molar refractivity (Wildman–Crippen MR) is 91.8 cm³/mol. The van der Waals surface area contributed by atoms with Gasteiger partial charge in [-0.1, -0.05) is 6.92 Å². The number of aromatic nitrogens is 2. The van der Waals surface area contributed by atoms with Crippen LogP contribution in [0.3, 0.4) is 0 Å². The van der Waals surface area contributed by atoms with Crippen LogP contribution in [0.5, 0.6) is 5.75 Å². The van der Waals surface area contributed by atoms with Crippen LogP contribution in [0.4, 0.5) is 5.69 Å². The molecule has 2 heterocycles. The second-order valence-corrected chi connectivity index (χ2v) is 5.92. The summed E-state index contributed by atoms with van der Waals surface area (Å²) >= 11 is 1.66. The SMILES string of the molecule is CCc1nc(CNc2c(C#N)cnc3ccc(OC)cc23)cs1. The van der Waals surface area contributed by atoms with E-state index in [2.05, 4.69) is 28.3 Å². The molecule has 0 aliphatic carbocycles. The van der Waals surface area contributed by atoms with E-state index in [0.29, 0.717) is 12.1 Å². The molecule has 0 saturated heterocycles. The maximum absolute atomic E-state index is 9.37. The molecule has 1 N–H and O–H groups in total. The van der Waals surface area contributed by atoms with Gasteiger partial charge in [0.2, 0.25) is 0 Å². The Morgan fingerprint density at radius 2 is 2.26 bits per heavy atom. The second-order valence-electron chi connectivity index (χ2n) is 4.98. The summed E-state index contributed by atoms with van der Waals surface area (Å²) in [5, 5.41) is 16.7. The third kappa shape index (κ3) is 3.10. The molecule has 23 heavy (non-hydrogen) atoms. The zero-order valence-corrected chi connectivity index (χ0v) is 13.8. The van der Waals surface area contributed by atoms with E-state index in [0.717, 1.165) is 39.5 Å². The molecule has 0 aliphatic heterocycles. The van der Waals surface area contributed by atoms with E-state index in [4.69, 9.17) is 4.74 Å². The lowest BCUT2D eigenvalue weighted by molar-refractivity contribution is 0.415. The van der Waals surface area contributed by atoms with Crippen molar-refractivity contribution in [2.75, 3.05) is 12.4 Å². The third-order valence-electron chi connectivity index (χ3n) is 3.54. The van der Waals surface area contributed by atoms with E-state index in [9.17, 15) is 5.26 Å². The average molecular weight is 324 g/mol. The summed E-state index contributed by atoms with van der Waals surface area (Å²) in [4.78, 5) is 8.87. The number of benzene rings is 1. The molecule has 0 fully saturated rings. The lowest BCUT2D eigenvalue weighted by Crippen LogP contribution is -2.03. The molecule has 0 atom stereocenters. The Morgan fingerprint density at radius 3 is 2.96 bits per heavy atom. The molecular weight excluding hydrogens is 308 g/mol. The number of thiazole rings is 1. The van der Waals surface area contributed by atoms with Gasteiger partial charge in [0.1, 0.15) is 11.8 Å². The van der Waals surface area contributed by atoms with Crippen molar-refractivity contribution in [3.8, 4) is 11.8 Å². The summed E-state index contributed by atoms with van der Waals surface area (Å²) < 4.78 is 5.28. The summed E-state index contributed by atoms with van der Waals surface area (Å²) in [6.07, 6.45) is 2.53. The highest BCUT2D eigenvalue weighted by molar-refractivity contribution is 7.09. The fourth-order valence-electron chi connectivity index (χ4n) is 2.35. The largest absolute Gasteiger partial charge is 0.497 e. The molecule has 0 bridgehead atoms. The Labute approximate surface area is 138 Å². The molecule has 6 heteroatoms. The standard InChI is InChI=1S/C17H16N4OS/c1-3-16-21-12(10-23-16)9-20-17-11(7-18)8-19-15-5-4-13(22-2)6-14(15)17/h4-6,8,10H,3,9H2,1-2H3,(H,19,20). The predicted octanol–water partition coefficient (Wildman–Crippen LogP) is 3.75. The molecule has 5 nitrogen and oxygen atoms in total. The maximum Gasteiger partial charge on any atom is 0.119 e. The van der Waals surface area contributed by atoms with Crippen LogP contribution in [0.2, 0.25) is 0 Å². The zero-order chi connectivity index (χ0) is 16.2. The number of aryl methyl sites for hydroxylation is 1. The Hall–Kier alpha value is -2.65. The molecule has 1 aromatic carbocycles. The Bertz CT molecular complexity index is 882. The molecule has 0 spiro atoms. The van der Waals surface area contributed by atoms with E-state index in [1.165, 1.54) is 0 Å². The summed E-state index contributed by atoms with van der Waals surface area (Å²) in [7, 11) is 1.62. The number of nitrogens with one attached hydrogen (secondary N) is 1. The monoisotopic (exact) mass is 324 g/mol. The van der Waals surface area contributed by atoms with Crippen molar-refractivity contribution in [2.24, 2.45) is 0 Å². The van der Waals surface area contributed by atoms with Gasteiger partial charge in [0.25, 0.3) is 0 Å². The van der Waals surface area contributed by atoms with Crippen LogP contribution in [0.25, 0.3) is 10.9 Å². The lowest BCUT2D eigenvalue weighted by Gasteiger charge is -2.11. The molecule has 3 rings (SSSR count). The third-order valence-corrected chi connectivity index (χ3v) is 4.59. The minimum Gasteiger partial charge on any atom is -0.497 e. The first kappa shape index (κ1) is 15.3. The van der Waals surface area contributed by atoms with Gasteiger partial charge in [-0.3, -0.25) is 4.98 Å². The Kier molecular flexibility index (Phi) is 4.40. The fourth-order valence-corrected chi connectivity index (χ4v) is 3.09. The maximum atomic E-state index is 9.37. The second kappa shape index (κ2) is 6.63. The summed E-state index contributed by atoms with van der Waals surface area (Å²) in [5.41, 5.74) is 3.07. The highest BCUT2D eigenvalue weighted by Gasteiger charge is 2.10. The van der Waals surface area contributed by atoms with Crippen LogP contribution < -0.4 is 10.1 Å². The van der Waals surface area contributed by atoms with Crippen LogP contribution in [0.15, 0.2) is 29.8 Å². The van der Waals surface area contributed by atoms with Crippen molar-refractivity contribution in [1.82, 2.24) is 9.97 Å². The summed E-state index contributed by atoms with van der Waals surface area (Å²) in [5.74, 6) is 0.736. The number of hydrogen-bond donors (Lipinski definition) is 1. The van der Waals surface area contributed by atoms with Crippen molar-refractivity contribution >= 4 is 27.9 Å². The van der Waals surface area contributed by atoms with Gasteiger partial charge in [0.05, 0.1) is 41.1 Å². The number of nitriles is 1. The van der Waals surface area contributed by atoms with Gasteiger partial charge >= 0.3 is 0 Å². The van der Waals surface area contributed by atoms with Gasteiger partial charge in [0.15, 0.2) is 0 Å². The molecule has 0 aliphatic rings. The summed E-state index contributed by atoms with van der Waals surface area (Å²) in [6, 6.07) is 7.83. The molecule has 0 amide bonds. The highest BCUT2D eigenvalue weighted by Crippen LogP contribution is 2.29. The van der Waals surface area contributed by atoms with Crippen LogP contribution >= 0.6 is 11.3 Å². The van der Waals surface area contributed by atoms with Crippen LogP contribution in [-0.4, -0.2) is 17.1 Å². The van der Waals surface area contributed by atoms with Gasteiger partial charge < -0.3 is 10.1 Å². The van der Waals surface area contributed by atoms with Crippen LogP contribution in [0, 0.1) is 11.3 Å². The molecule has 0 radical (unpaired) electrons. The number of nitrogens with zero attached hydrogens (tertiary/aromatic N) is 3. The van der Waals surface area contributed by atoms with Crippen molar-refractivity contribution in [3.63, 3.8) is 0 Å². The number of pyridine rings is 1. The first-order valence-electron chi connectivity index (χ1n) is 7.29. The van der Waals surface area contributed by atoms with Crippen molar-refractivity contribution in [3.05, 3.63) is 46.0 Å². The van der Waals surface area contributed by atoms with E-state index in [-0.39, 0.29) is 0 Å². The fraction of sp³-hybridized carbons (Fsp3) is 0.235. The van der Waals surface area contributed by atoms with Gasteiger partial charge in [0, 0.05) is 17.0 Å². The quantitative estimate of drug-likeness (QED) is 0.774. The first-order chi connectivity index (χ1) is 11.2. The van der Waals surface area contributed by atoms with Gasteiger partial charge in [-0.05, 0) is 24.6 Å². The smallest absolute Gasteiger partial charge is 0.119 e. The van der Waals surface area contributed by atoms with Crippen LogP contribution in [0.1, 0.15) is 23.2 Å². The summed E-state index contributed by atoms with van der Waals surface area (Å²) in [6.45, 7) is 2.66. The lowest BCUT2D eigenvalue weighted by atomic mass is 10.1. The minimum absolute atomic E-state index is 0.511. The van der Waals surface area contributed by atoms with E-state index >= 15 is 0 Å². The highest BCUT2D eigenvalue weighted by atomic mass is 32.1. The van der Waals surface area contributed by atoms with E-state index in [1.807, 2.05) is 23.6 Å². The van der Waals surface area contributed by atoms with Crippen LogP contribution in [-0.2, 0) is 13.0 Å². The number of fused-ring (bicyclic) bond motifs is 1. The first-order valence-corrected chi connectivity index (χ1v) is 8.17. The van der Waals surface area contributed by atoms with Gasteiger partial charge in [-0.15, -0.1) is 11.3 Å². The number of hydrogen-bond acceptors (Lipinski definition) is 6. The van der Waals surface area contributed by atoms with Crippen molar-refractivity contribution in [2.45, 2.75) is 19.9 Å². The topological polar surface area (TPSA) is 70.8 Å². The number of rotatable bonds is 5. The van der Waals surface area contributed by atoms with E-state index in [1.54, 1.807) is 24.6 Å².